The topological polar surface area (TPSA) is 206 Å². The van der Waals surface area contributed by atoms with E-state index in [0.29, 0.717) is 6.42 Å². The molecule has 0 aliphatic heterocycles. The van der Waals surface area contributed by atoms with Crippen molar-refractivity contribution in [3.8, 4) is 0 Å². The number of carbonyl (C=O) groups is 1. The molecule has 0 spiro atoms. The van der Waals surface area contributed by atoms with E-state index in [1.165, 1.54) is 19.3 Å². The Kier molecular flexibility index (Phi) is 19.0. The molecule has 12 nitrogen and oxygen atoms in total. The molecule has 0 aromatic heterocycles. The molecule has 0 radical (unpaired) electrons. The van der Waals surface area contributed by atoms with Gasteiger partial charge in [-0.15, -0.1) is 0 Å². The van der Waals surface area contributed by atoms with Crippen molar-refractivity contribution < 1.29 is 58.7 Å². The van der Waals surface area contributed by atoms with Crippen LogP contribution in [-0.2, 0) is 23.1 Å². The first kappa shape index (κ1) is 36.8. The van der Waals surface area contributed by atoms with Crippen molar-refractivity contribution in [2.75, 3.05) is 13.2 Å². The molecule has 13 heteroatoms. The maximum Gasteiger partial charge on any atom is 0.305 e. The normalized spacial score (nSPS) is 27.7. The summed E-state index contributed by atoms with van der Waals surface area (Å²) in [4.78, 5) is 23.9. The second kappa shape index (κ2) is 20.7. The van der Waals surface area contributed by atoms with E-state index < -0.39 is 69.7 Å². The predicted molar refractivity (Wildman–Crippen MR) is 145 cm³/mol. The first-order valence-corrected chi connectivity index (χ1v) is 15.6. The molecule has 0 aromatic carbocycles. The fraction of sp³-hybridized carbons (Fsp3) is 0.815. The fourth-order valence-electron chi connectivity index (χ4n) is 4.07. The molecule has 0 aromatic rings. The number of ether oxygens (including phenoxy) is 1. The van der Waals surface area contributed by atoms with Crippen LogP contribution in [0.5, 0.6) is 0 Å². The highest BCUT2D eigenvalue weighted by Gasteiger charge is 2.50. The lowest BCUT2D eigenvalue weighted by atomic mass is 9.85. The molecule has 40 heavy (non-hydrogen) atoms. The van der Waals surface area contributed by atoms with E-state index in [2.05, 4.69) is 40.3 Å². The van der Waals surface area contributed by atoms with Gasteiger partial charge < -0.3 is 49.3 Å². The largest absolute Gasteiger partial charge is 0.756 e. The molecule has 0 heterocycles. The van der Waals surface area contributed by atoms with Gasteiger partial charge in [-0.3, -0.25) is 9.36 Å². The Morgan fingerprint density at radius 1 is 0.800 bits per heavy atom. The Morgan fingerprint density at radius 2 is 1.32 bits per heavy atom. The number of hydrogen-bond acceptors (Lipinski definition) is 12. The van der Waals surface area contributed by atoms with Crippen LogP contribution in [0.15, 0.2) is 24.3 Å². The van der Waals surface area contributed by atoms with E-state index in [4.69, 9.17) is 4.74 Å². The molecule has 6 N–H and O–H groups in total. The highest BCUT2D eigenvalue weighted by Crippen LogP contribution is 2.43. The Hall–Kier alpha value is -1.18. The summed E-state index contributed by atoms with van der Waals surface area (Å²) in [6, 6.07) is 0. The summed E-state index contributed by atoms with van der Waals surface area (Å²) in [5, 5.41) is 58.4. The molecule has 1 fully saturated rings. The number of phosphoric ester groups is 1. The third kappa shape index (κ3) is 15.2. The maximum atomic E-state index is 12.0. The molecule has 1 aliphatic carbocycles. The monoisotopic (exact) mass is 595 g/mol. The number of hydrogen-bond donors (Lipinski definition) is 6. The van der Waals surface area contributed by atoms with Gasteiger partial charge in [0.05, 0.1) is 6.61 Å². The highest BCUT2D eigenvalue weighted by atomic mass is 31.2. The van der Waals surface area contributed by atoms with Crippen molar-refractivity contribution in [3.05, 3.63) is 24.3 Å². The number of rotatable bonds is 21. The van der Waals surface area contributed by atoms with Crippen LogP contribution in [0, 0.1) is 0 Å². The van der Waals surface area contributed by atoms with Crippen LogP contribution in [0.2, 0.25) is 0 Å². The van der Waals surface area contributed by atoms with Crippen LogP contribution in [-0.4, -0.2) is 92.5 Å². The van der Waals surface area contributed by atoms with Crippen LogP contribution >= 0.6 is 7.82 Å². The van der Waals surface area contributed by atoms with Crippen molar-refractivity contribution >= 4 is 13.8 Å². The third-order valence-corrected chi connectivity index (χ3v) is 7.48. The third-order valence-electron chi connectivity index (χ3n) is 6.52. The minimum Gasteiger partial charge on any atom is -0.756 e. The summed E-state index contributed by atoms with van der Waals surface area (Å²) < 4.78 is 25.9. The zero-order valence-corrected chi connectivity index (χ0v) is 24.2. The van der Waals surface area contributed by atoms with Gasteiger partial charge in [0.25, 0.3) is 7.82 Å². The van der Waals surface area contributed by atoms with Crippen molar-refractivity contribution in [3.63, 3.8) is 0 Å². The quantitative estimate of drug-likeness (QED) is 0.0482. The molecule has 1 rings (SSSR count). The highest BCUT2D eigenvalue weighted by molar-refractivity contribution is 7.45. The van der Waals surface area contributed by atoms with E-state index in [1.54, 1.807) is 0 Å². The van der Waals surface area contributed by atoms with Gasteiger partial charge in [-0.2, -0.15) is 0 Å². The second-order valence-corrected chi connectivity index (χ2v) is 11.4. The zero-order chi connectivity index (χ0) is 30.0. The van der Waals surface area contributed by atoms with Gasteiger partial charge >= 0.3 is 5.97 Å². The van der Waals surface area contributed by atoms with Gasteiger partial charge in [-0.1, -0.05) is 63.3 Å². The molecule has 8 atom stereocenters. The summed E-state index contributed by atoms with van der Waals surface area (Å²) in [7, 11) is -5.24. The molecule has 1 saturated carbocycles. The maximum absolute atomic E-state index is 12.0. The first-order chi connectivity index (χ1) is 19.0. The van der Waals surface area contributed by atoms with E-state index in [0.717, 1.165) is 44.9 Å². The van der Waals surface area contributed by atoms with Crippen LogP contribution in [0.3, 0.4) is 0 Å². The van der Waals surface area contributed by atoms with Crippen molar-refractivity contribution in [1.82, 2.24) is 0 Å². The van der Waals surface area contributed by atoms with Crippen LogP contribution < -0.4 is 4.89 Å². The lowest BCUT2D eigenvalue weighted by Crippen LogP contribution is -2.64. The minimum absolute atomic E-state index is 0.162. The Morgan fingerprint density at radius 3 is 1.93 bits per heavy atom. The van der Waals surface area contributed by atoms with Crippen molar-refractivity contribution in [2.45, 2.75) is 127 Å². The summed E-state index contributed by atoms with van der Waals surface area (Å²) in [5.74, 6) is -0.540. The van der Waals surface area contributed by atoms with Gasteiger partial charge in [0.15, 0.2) is 0 Å². The minimum atomic E-state index is -5.24. The lowest BCUT2D eigenvalue weighted by molar-refractivity contribution is -0.261. The molecular formula is C27H48O12P-. The van der Waals surface area contributed by atoms with Crippen molar-refractivity contribution in [1.29, 1.82) is 0 Å². The molecule has 3 unspecified atom stereocenters. The van der Waals surface area contributed by atoms with Gasteiger partial charge in [0, 0.05) is 6.42 Å². The number of aliphatic hydroxyl groups excluding tert-OH is 6. The molecule has 0 amide bonds. The standard InChI is InChI=1S/C27H49O12P/c1-2-3-4-5-6-7-8-9-10-11-12-13-14-15-16-17-21(29)37-18-20(28)19-38-40(35,36)39-27-25(33)23(31)22(30)24(32)26(27)34/h6-7,9-10,20,22-28,30-34H,2-5,8,11-19H2,1H3,(H,35,36)/p-1/b7-6-,10-9-/t20-,22?,23-,24+,25-,26-,27?/m1/s1. The first-order valence-electron chi connectivity index (χ1n) is 14.2. The predicted octanol–water partition coefficient (Wildman–Crippen LogP) is 1.39. The molecule has 0 saturated heterocycles. The zero-order valence-electron chi connectivity index (χ0n) is 23.3. The molecule has 0 bridgehead atoms. The van der Waals surface area contributed by atoms with Crippen molar-refractivity contribution in [2.24, 2.45) is 0 Å². The average molecular weight is 596 g/mol. The number of carbonyl (C=O) groups excluding carboxylic acids is 1. The smallest absolute Gasteiger partial charge is 0.305 e. The summed E-state index contributed by atoms with van der Waals surface area (Å²) in [6.45, 7) is 0.840. The Balaban J connectivity index is 2.11. The summed E-state index contributed by atoms with van der Waals surface area (Å²) in [5.41, 5.74) is 0. The van der Waals surface area contributed by atoms with E-state index in [-0.39, 0.29) is 6.42 Å². The number of allylic oxidation sites excluding steroid dienone is 4. The van der Waals surface area contributed by atoms with Gasteiger partial charge in [0.1, 0.15) is 49.3 Å². The lowest BCUT2D eigenvalue weighted by Gasteiger charge is -2.43. The van der Waals surface area contributed by atoms with Gasteiger partial charge in [0.2, 0.25) is 0 Å². The average Bonchev–Trinajstić information content (AvgIpc) is 2.93. The summed E-state index contributed by atoms with van der Waals surface area (Å²) in [6.07, 6.45) is 7.06. The van der Waals surface area contributed by atoms with Crippen LogP contribution in [0.4, 0.5) is 0 Å². The Labute approximate surface area is 236 Å². The molecule has 1 aliphatic rings. The SMILES string of the molecule is CCCCC/C=C\C/C=C\CCCCCCCC(=O)OC[C@@H](O)COP(=O)([O-])OC1[C@H](O)[C@H](O)C(O)[C@H](O)[C@H]1O. The fourth-order valence-corrected chi connectivity index (χ4v) is 5.03. The molecular weight excluding hydrogens is 547 g/mol. The molecule has 234 valence electrons. The number of esters is 1. The van der Waals surface area contributed by atoms with E-state index in [1.807, 2.05) is 0 Å². The number of aliphatic hydroxyl groups is 6. The number of phosphoric acid groups is 1. The van der Waals surface area contributed by atoms with Crippen LogP contribution in [0.25, 0.3) is 0 Å². The van der Waals surface area contributed by atoms with Crippen LogP contribution in [0.1, 0.15) is 84.0 Å². The van der Waals surface area contributed by atoms with E-state index in [9.17, 15) is 44.9 Å². The summed E-state index contributed by atoms with van der Waals surface area (Å²) >= 11 is 0. The second-order valence-electron chi connectivity index (χ2n) is 10.1. The number of unbranched alkanes of at least 4 members (excludes halogenated alkanes) is 8. The van der Waals surface area contributed by atoms with Gasteiger partial charge in [-0.25, -0.2) is 0 Å². The van der Waals surface area contributed by atoms with Gasteiger partial charge in [-0.05, 0) is 38.5 Å². The van der Waals surface area contributed by atoms with E-state index >= 15 is 0 Å². The Bertz CT molecular complexity index is 775.